The lowest BCUT2D eigenvalue weighted by Crippen LogP contribution is -2.39. The van der Waals surface area contributed by atoms with Gasteiger partial charge in [0.15, 0.2) is 5.96 Å². The zero-order chi connectivity index (χ0) is 15.2. The van der Waals surface area contributed by atoms with Crippen molar-refractivity contribution in [3.63, 3.8) is 0 Å². The number of halogens is 3. The van der Waals surface area contributed by atoms with Gasteiger partial charge in [-0.1, -0.05) is 13.3 Å². The van der Waals surface area contributed by atoms with Gasteiger partial charge in [0, 0.05) is 18.2 Å². The van der Waals surface area contributed by atoms with Gasteiger partial charge < -0.3 is 10.6 Å². The first-order valence-electron chi connectivity index (χ1n) is 7.62. The first-order chi connectivity index (χ1) is 10.1. The molecule has 1 aromatic rings. The molecule has 6 heteroatoms. The number of nitrogens with one attached hydrogen (secondary N) is 2. The first kappa shape index (κ1) is 19.1. The number of nitrogens with zero attached hydrogens (tertiary/aromatic N) is 1. The highest BCUT2D eigenvalue weighted by atomic mass is 127. The number of guanidine groups is 1. The van der Waals surface area contributed by atoms with Crippen LogP contribution in [0.3, 0.4) is 0 Å². The molecule has 2 unspecified atom stereocenters. The van der Waals surface area contributed by atoms with E-state index in [1.54, 1.807) is 0 Å². The second kappa shape index (κ2) is 9.27. The van der Waals surface area contributed by atoms with Crippen molar-refractivity contribution >= 4 is 29.9 Å². The first-order valence-corrected chi connectivity index (χ1v) is 7.62. The Morgan fingerprint density at radius 1 is 1.32 bits per heavy atom. The van der Waals surface area contributed by atoms with E-state index in [1.807, 2.05) is 6.92 Å². The van der Waals surface area contributed by atoms with E-state index in [-0.39, 0.29) is 36.1 Å². The lowest BCUT2D eigenvalue weighted by Gasteiger charge is -2.11. The summed E-state index contributed by atoms with van der Waals surface area (Å²) >= 11 is 0. The van der Waals surface area contributed by atoms with Gasteiger partial charge in [0.2, 0.25) is 0 Å². The molecule has 124 valence electrons. The van der Waals surface area contributed by atoms with Crippen LogP contribution < -0.4 is 10.6 Å². The third-order valence-corrected chi connectivity index (χ3v) is 3.66. The van der Waals surface area contributed by atoms with E-state index < -0.39 is 11.6 Å². The summed E-state index contributed by atoms with van der Waals surface area (Å²) in [4.78, 5) is 4.35. The molecule has 2 atom stereocenters. The highest BCUT2D eigenvalue weighted by Gasteiger charge is 2.36. The van der Waals surface area contributed by atoms with E-state index in [4.69, 9.17) is 0 Å². The van der Waals surface area contributed by atoms with Gasteiger partial charge in [-0.3, -0.25) is 0 Å². The van der Waals surface area contributed by atoms with Gasteiger partial charge in [0.25, 0.3) is 0 Å². The summed E-state index contributed by atoms with van der Waals surface area (Å²) in [5.41, 5.74) is 0.271. The average molecular weight is 423 g/mol. The van der Waals surface area contributed by atoms with E-state index >= 15 is 0 Å². The molecule has 2 N–H and O–H groups in total. The molecule has 1 saturated carbocycles. The second-order valence-corrected chi connectivity index (χ2v) is 5.47. The third kappa shape index (κ3) is 5.70. The summed E-state index contributed by atoms with van der Waals surface area (Å²) in [5.74, 6) is 0.519. The molecule has 0 radical (unpaired) electrons. The van der Waals surface area contributed by atoms with E-state index in [0.717, 1.165) is 25.1 Å². The molecule has 0 amide bonds. The molecule has 1 aromatic carbocycles. The molecular formula is C16H24F2IN3. The molecule has 0 aromatic heterocycles. The van der Waals surface area contributed by atoms with Gasteiger partial charge in [0.1, 0.15) is 11.6 Å². The molecule has 3 nitrogen and oxygen atoms in total. The molecule has 1 fully saturated rings. The van der Waals surface area contributed by atoms with Gasteiger partial charge in [-0.2, -0.15) is 0 Å². The van der Waals surface area contributed by atoms with E-state index in [2.05, 4.69) is 22.5 Å². The lowest BCUT2D eigenvalue weighted by molar-refractivity contribution is 0.585. The van der Waals surface area contributed by atoms with Crippen LogP contribution in [0.1, 0.15) is 38.7 Å². The van der Waals surface area contributed by atoms with Gasteiger partial charge in [-0.05, 0) is 43.9 Å². The number of hydrogen-bond donors (Lipinski definition) is 2. The fourth-order valence-electron chi connectivity index (χ4n) is 2.44. The minimum atomic E-state index is -0.440. The topological polar surface area (TPSA) is 36.4 Å². The average Bonchev–Trinajstić information content (AvgIpc) is 3.18. The monoisotopic (exact) mass is 423 g/mol. The molecule has 1 aliphatic rings. The molecule has 1 aliphatic carbocycles. The summed E-state index contributed by atoms with van der Waals surface area (Å²) in [6, 6.07) is 3.91. The van der Waals surface area contributed by atoms with E-state index in [9.17, 15) is 8.78 Å². The quantitative estimate of drug-likeness (QED) is 0.415. The summed E-state index contributed by atoms with van der Waals surface area (Å²) < 4.78 is 26.7. The van der Waals surface area contributed by atoms with Crippen molar-refractivity contribution < 1.29 is 8.78 Å². The van der Waals surface area contributed by atoms with Crippen molar-refractivity contribution in [3.8, 4) is 0 Å². The zero-order valence-electron chi connectivity index (χ0n) is 13.0. The molecule has 0 heterocycles. The number of hydrogen-bond acceptors (Lipinski definition) is 1. The maximum Gasteiger partial charge on any atom is 0.191 e. The van der Waals surface area contributed by atoms with Gasteiger partial charge in [-0.25, -0.2) is 13.8 Å². The molecule has 22 heavy (non-hydrogen) atoms. The summed E-state index contributed by atoms with van der Waals surface area (Å²) in [6.07, 6.45) is 3.56. The van der Waals surface area contributed by atoms with Crippen molar-refractivity contribution in [1.29, 1.82) is 0 Å². The van der Waals surface area contributed by atoms with Crippen LogP contribution in [0.5, 0.6) is 0 Å². The standard InChI is InChI=1S/C16H23F2N3.HI/c1-3-5-11-9-15(11)21-16(19-4-2)20-10-12-8-13(17)6-7-14(12)18;/h6-8,11,15H,3-5,9-10H2,1-2H3,(H2,19,20,21);1H. The Morgan fingerprint density at radius 3 is 2.77 bits per heavy atom. The maximum absolute atomic E-state index is 13.6. The fourth-order valence-corrected chi connectivity index (χ4v) is 2.44. The van der Waals surface area contributed by atoms with E-state index in [0.29, 0.717) is 17.9 Å². The summed E-state index contributed by atoms with van der Waals surface area (Å²) in [6.45, 7) is 5.03. The highest BCUT2D eigenvalue weighted by molar-refractivity contribution is 14.0. The van der Waals surface area contributed by atoms with Crippen molar-refractivity contribution in [1.82, 2.24) is 10.6 Å². The summed E-state index contributed by atoms with van der Waals surface area (Å²) in [5, 5.41) is 6.50. The fraction of sp³-hybridized carbons (Fsp3) is 0.562. The van der Waals surface area contributed by atoms with Crippen LogP contribution >= 0.6 is 24.0 Å². The molecule has 0 aliphatic heterocycles. The third-order valence-electron chi connectivity index (χ3n) is 3.66. The molecule has 0 spiro atoms. The number of benzene rings is 1. The molecule has 2 rings (SSSR count). The van der Waals surface area contributed by atoms with Gasteiger partial charge >= 0.3 is 0 Å². The predicted octanol–water partition coefficient (Wildman–Crippen LogP) is 3.83. The van der Waals surface area contributed by atoms with Gasteiger partial charge in [-0.15, -0.1) is 24.0 Å². The van der Waals surface area contributed by atoms with Crippen LogP contribution in [-0.4, -0.2) is 18.5 Å². The van der Waals surface area contributed by atoms with Crippen LogP contribution in [0.15, 0.2) is 23.2 Å². The van der Waals surface area contributed by atoms with Gasteiger partial charge in [0.05, 0.1) is 6.54 Å². The number of rotatable bonds is 6. The van der Waals surface area contributed by atoms with Crippen LogP contribution in [0.25, 0.3) is 0 Å². The Kier molecular flexibility index (Phi) is 8.06. The smallest absolute Gasteiger partial charge is 0.191 e. The normalized spacial score (nSPS) is 20.3. The largest absolute Gasteiger partial charge is 0.357 e. The van der Waals surface area contributed by atoms with Crippen LogP contribution in [-0.2, 0) is 6.54 Å². The van der Waals surface area contributed by atoms with Crippen molar-refractivity contribution in [2.75, 3.05) is 6.54 Å². The minimum Gasteiger partial charge on any atom is -0.357 e. The van der Waals surface area contributed by atoms with Crippen molar-refractivity contribution in [2.45, 2.75) is 45.7 Å². The Morgan fingerprint density at radius 2 is 2.09 bits per heavy atom. The Balaban J connectivity index is 0.00000242. The summed E-state index contributed by atoms with van der Waals surface area (Å²) in [7, 11) is 0. The highest BCUT2D eigenvalue weighted by Crippen LogP contribution is 2.34. The molecule has 0 bridgehead atoms. The zero-order valence-corrected chi connectivity index (χ0v) is 15.4. The van der Waals surface area contributed by atoms with Crippen molar-refractivity contribution in [3.05, 3.63) is 35.4 Å². The Labute approximate surface area is 148 Å². The maximum atomic E-state index is 13.6. The Bertz CT molecular complexity index is 508. The number of aliphatic imine (C=N–C) groups is 1. The molecular weight excluding hydrogens is 399 g/mol. The molecule has 0 saturated heterocycles. The second-order valence-electron chi connectivity index (χ2n) is 5.47. The van der Waals surface area contributed by atoms with Crippen molar-refractivity contribution in [2.24, 2.45) is 10.9 Å². The van der Waals surface area contributed by atoms with E-state index in [1.165, 1.54) is 18.9 Å². The van der Waals surface area contributed by atoms with Crippen LogP contribution in [0.2, 0.25) is 0 Å². The Hall–Kier alpha value is -0.920. The van der Waals surface area contributed by atoms with Crippen LogP contribution in [0, 0.1) is 17.6 Å². The van der Waals surface area contributed by atoms with Crippen LogP contribution in [0.4, 0.5) is 8.78 Å². The predicted molar refractivity (Wildman–Crippen MR) is 96.5 cm³/mol. The minimum absolute atomic E-state index is 0. The SMILES string of the molecule is CCCC1CC1NC(=NCc1cc(F)ccc1F)NCC.I. The lowest BCUT2D eigenvalue weighted by atomic mass is 10.2.